The number of fused-ring (bicyclic) bond motifs is 1. The number of aromatic nitrogens is 4. The number of anilines is 1. The smallest absolute Gasteiger partial charge is 0.183 e. The Morgan fingerprint density at radius 3 is 2.56 bits per heavy atom. The van der Waals surface area contributed by atoms with Gasteiger partial charge in [-0.3, -0.25) is 0 Å². The first kappa shape index (κ1) is 16.3. The molecule has 3 aromatic rings. The van der Waals surface area contributed by atoms with E-state index in [1.54, 1.807) is 0 Å². The van der Waals surface area contributed by atoms with Crippen molar-refractivity contribution in [2.45, 2.75) is 13.8 Å². The van der Waals surface area contributed by atoms with Gasteiger partial charge in [0.1, 0.15) is 17.2 Å². The van der Waals surface area contributed by atoms with E-state index in [-0.39, 0.29) is 0 Å². The molecule has 0 saturated carbocycles. The van der Waals surface area contributed by atoms with Crippen LogP contribution in [0.1, 0.15) is 12.7 Å². The van der Waals surface area contributed by atoms with Gasteiger partial charge in [0.15, 0.2) is 11.5 Å². The molecule has 1 N–H and O–H groups in total. The van der Waals surface area contributed by atoms with E-state index < -0.39 is 0 Å². The second kappa shape index (κ2) is 6.61. The summed E-state index contributed by atoms with van der Waals surface area (Å²) in [6.45, 7) is 9.22. The fourth-order valence-corrected chi connectivity index (χ4v) is 3.50. The normalized spacial score (nSPS) is 15.9. The van der Waals surface area contributed by atoms with E-state index in [9.17, 15) is 0 Å². The van der Waals surface area contributed by atoms with Gasteiger partial charge in [-0.1, -0.05) is 30.7 Å². The quantitative estimate of drug-likeness (QED) is 0.781. The summed E-state index contributed by atoms with van der Waals surface area (Å²) in [5.41, 5.74) is 2.45. The number of hydrogen-bond donors (Lipinski definition) is 1. The molecule has 1 aliphatic rings. The number of halogens is 1. The van der Waals surface area contributed by atoms with Crippen LogP contribution in [0.5, 0.6) is 0 Å². The molecular formula is C18H21ClN6. The number of aryl methyl sites for hydroxylation is 1. The summed E-state index contributed by atoms with van der Waals surface area (Å²) in [6.07, 6.45) is 0. The van der Waals surface area contributed by atoms with Crippen LogP contribution >= 0.6 is 11.6 Å². The third kappa shape index (κ3) is 3.07. The van der Waals surface area contributed by atoms with Crippen LogP contribution in [0, 0.1) is 6.92 Å². The standard InChI is InChI=1S/C18H21ClN6/c1-3-24-8-10-25(11-9-24)18-15-17(20-12(2)21-18)23-16(22-15)13-6-4-5-7-14(13)19/h4-7H,3,8-11H2,1-2H3,(H,20,21,22,23). The lowest BCUT2D eigenvalue weighted by Gasteiger charge is -2.34. The van der Waals surface area contributed by atoms with Crippen molar-refractivity contribution >= 4 is 28.6 Å². The Labute approximate surface area is 151 Å². The van der Waals surface area contributed by atoms with Gasteiger partial charge >= 0.3 is 0 Å². The van der Waals surface area contributed by atoms with Crippen LogP contribution in [0.15, 0.2) is 24.3 Å². The highest BCUT2D eigenvalue weighted by atomic mass is 35.5. The number of imidazole rings is 1. The molecule has 130 valence electrons. The Kier molecular flexibility index (Phi) is 4.31. The van der Waals surface area contributed by atoms with Crippen molar-refractivity contribution in [1.82, 2.24) is 24.8 Å². The third-order valence-electron chi connectivity index (χ3n) is 4.69. The van der Waals surface area contributed by atoms with E-state index in [0.717, 1.165) is 61.3 Å². The topological polar surface area (TPSA) is 60.9 Å². The number of H-pyrrole nitrogens is 1. The molecule has 1 saturated heterocycles. The lowest BCUT2D eigenvalue weighted by atomic mass is 10.2. The first-order chi connectivity index (χ1) is 12.2. The van der Waals surface area contributed by atoms with E-state index in [1.807, 2.05) is 31.2 Å². The molecule has 0 atom stereocenters. The highest BCUT2D eigenvalue weighted by Gasteiger charge is 2.22. The van der Waals surface area contributed by atoms with Gasteiger partial charge < -0.3 is 14.8 Å². The zero-order chi connectivity index (χ0) is 17.4. The summed E-state index contributed by atoms with van der Waals surface area (Å²) in [5.74, 6) is 2.40. The van der Waals surface area contributed by atoms with E-state index in [4.69, 9.17) is 16.6 Å². The van der Waals surface area contributed by atoms with Crippen LogP contribution in [0.25, 0.3) is 22.6 Å². The van der Waals surface area contributed by atoms with E-state index >= 15 is 0 Å². The molecule has 1 fully saturated rings. The highest BCUT2D eigenvalue weighted by molar-refractivity contribution is 6.33. The Hall–Kier alpha value is -2.18. The van der Waals surface area contributed by atoms with Gasteiger partial charge in [0.25, 0.3) is 0 Å². The lowest BCUT2D eigenvalue weighted by molar-refractivity contribution is 0.270. The van der Waals surface area contributed by atoms with Gasteiger partial charge in [-0.05, 0) is 25.6 Å². The van der Waals surface area contributed by atoms with Crippen LogP contribution in [0.3, 0.4) is 0 Å². The maximum atomic E-state index is 6.33. The molecule has 3 heterocycles. The van der Waals surface area contributed by atoms with Crippen LogP contribution < -0.4 is 4.90 Å². The number of piperazine rings is 1. The highest BCUT2D eigenvalue weighted by Crippen LogP contribution is 2.30. The molecule has 0 bridgehead atoms. The summed E-state index contributed by atoms with van der Waals surface area (Å²) in [4.78, 5) is 22.0. The third-order valence-corrected chi connectivity index (χ3v) is 5.02. The predicted octanol–water partition coefficient (Wildman–Crippen LogP) is 3.12. The molecule has 7 heteroatoms. The predicted molar refractivity (Wildman–Crippen MR) is 101 cm³/mol. The number of rotatable bonds is 3. The number of likely N-dealkylation sites (N-methyl/N-ethyl adjacent to an activating group) is 1. The van der Waals surface area contributed by atoms with Crippen molar-refractivity contribution in [2.75, 3.05) is 37.6 Å². The molecule has 2 aromatic heterocycles. The SMILES string of the molecule is CCN1CCN(c2nc(C)nc3nc(-c4ccccc4Cl)[nH]c23)CC1. The summed E-state index contributed by atoms with van der Waals surface area (Å²) in [5, 5.41) is 0.671. The van der Waals surface area contributed by atoms with Crippen molar-refractivity contribution in [3.05, 3.63) is 35.1 Å². The van der Waals surface area contributed by atoms with Crippen molar-refractivity contribution in [1.29, 1.82) is 0 Å². The van der Waals surface area contributed by atoms with Gasteiger partial charge in [0.05, 0.1) is 5.02 Å². The maximum Gasteiger partial charge on any atom is 0.183 e. The minimum absolute atomic E-state index is 0.671. The van der Waals surface area contributed by atoms with Gasteiger partial charge in [-0.15, -0.1) is 0 Å². The van der Waals surface area contributed by atoms with Gasteiger partial charge in [0, 0.05) is 31.7 Å². The molecule has 4 rings (SSSR count). The second-order valence-corrected chi connectivity index (χ2v) is 6.69. The zero-order valence-corrected chi connectivity index (χ0v) is 15.2. The zero-order valence-electron chi connectivity index (χ0n) is 14.5. The molecule has 1 aliphatic heterocycles. The molecule has 0 spiro atoms. The van der Waals surface area contributed by atoms with Crippen LogP contribution in [-0.2, 0) is 0 Å². The van der Waals surface area contributed by atoms with Gasteiger partial charge in [-0.25, -0.2) is 15.0 Å². The van der Waals surface area contributed by atoms with Crippen LogP contribution in [0.4, 0.5) is 5.82 Å². The lowest BCUT2D eigenvalue weighted by Crippen LogP contribution is -2.46. The molecular weight excluding hydrogens is 336 g/mol. The van der Waals surface area contributed by atoms with Crippen molar-refractivity contribution in [3.63, 3.8) is 0 Å². The van der Waals surface area contributed by atoms with E-state index in [1.165, 1.54) is 0 Å². The average molecular weight is 357 g/mol. The van der Waals surface area contributed by atoms with Gasteiger partial charge in [0.2, 0.25) is 0 Å². The summed E-state index contributed by atoms with van der Waals surface area (Å²) < 4.78 is 0. The fourth-order valence-electron chi connectivity index (χ4n) is 3.27. The fraction of sp³-hybridized carbons (Fsp3) is 0.389. The maximum absolute atomic E-state index is 6.33. The minimum Gasteiger partial charge on any atom is -0.352 e. The Morgan fingerprint density at radius 1 is 1.08 bits per heavy atom. The Morgan fingerprint density at radius 2 is 1.84 bits per heavy atom. The van der Waals surface area contributed by atoms with E-state index in [2.05, 4.69) is 31.7 Å². The molecule has 1 aromatic carbocycles. The Balaban J connectivity index is 1.76. The van der Waals surface area contributed by atoms with Crippen LogP contribution in [0.2, 0.25) is 5.02 Å². The number of hydrogen-bond acceptors (Lipinski definition) is 5. The van der Waals surface area contributed by atoms with Gasteiger partial charge in [-0.2, -0.15) is 0 Å². The number of nitrogens with one attached hydrogen (secondary N) is 1. The van der Waals surface area contributed by atoms with Crippen molar-refractivity contribution in [2.24, 2.45) is 0 Å². The second-order valence-electron chi connectivity index (χ2n) is 6.28. The molecule has 0 unspecified atom stereocenters. The summed E-state index contributed by atoms with van der Waals surface area (Å²) in [6, 6.07) is 7.69. The number of benzene rings is 1. The van der Waals surface area contributed by atoms with E-state index in [0.29, 0.717) is 10.7 Å². The molecule has 0 radical (unpaired) electrons. The Bertz CT molecular complexity index is 898. The molecule has 0 amide bonds. The first-order valence-electron chi connectivity index (χ1n) is 8.62. The minimum atomic E-state index is 0.671. The monoisotopic (exact) mass is 356 g/mol. The largest absolute Gasteiger partial charge is 0.352 e. The summed E-state index contributed by atoms with van der Waals surface area (Å²) in [7, 11) is 0. The first-order valence-corrected chi connectivity index (χ1v) is 9.00. The summed E-state index contributed by atoms with van der Waals surface area (Å²) >= 11 is 6.33. The average Bonchev–Trinajstić information content (AvgIpc) is 3.05. The number of nitrogens with zero attached hydrogens (tertiary/aromatic N) is 5. The van der Waals surface area contributed by atoms with Crippen molar-refractivity contribution < 1.29 is 0 Å². The molecule has 25 heavy (non-hydrogen) atoms. The molecule has 0 aliphatic carbocycles. The number of aromatic amines is 1. The molecule has 6 nitrogen and oxygen atoms in total. The van der Waals surface area contributed by atoms with Crippen LogP contribution in [-0.4, -0.2) is 57.6 Å². The van der Waals surface area contributed by atoms with Crippen molar-refractivity contribution in [3.8, 4) is 11.4 Å².